The largest absolute Gasteiger partial charge is 0.320 e. The number of benzene rings is 3. The van der Waals surface area contributed by atoms with E-state index >= 15 is 0 Å². The van der Waals surface area contributed by atoms with Crippen molar-refractivity contribution in [3.63, 3.8) is 0 Å². The highest BCUT2D eigenvalue weighted by Crippen LogP contribution is 2.43. The van der Waals surface area contributed by atoms with Crippen LogP contribution in [-0.2, 0) is 16.0 Å². The summed E-state index contributed by atoms with van der Waals surface area (Å²) < 4.78 is 0. The fraction of sp³-hybridized carbons (Fsp3) is 0.148. The summed E-state index contributed by atoms with van der Waals surface area (Å²) in [5.41, 5.74) is 3.49. The van der Waals surface area contributed by atoms with Gasteiger partial charge in [-0.1, -0.05) is 76.9 Å². The second-order valence-electron chi connectivity index (χ2n) is 8.19. The molecule has 5 nitrogen and oxygen atoms in total. The molecule has 9 heteroatoms. The number of nitrogens with zero attached hydrogens (tertiary/aromatic N) is 2. The van der Waals surface area contributed by atoms with Gasteiger partial charge in [0.25, 0.3) is 5.91 Å². The molecule has 0 bridgehead atoms. The lowest BCUT2D eigenvalue weighted by Gasteiger charge is -2.20. The van der Waals surface area contributed by atoms with E-state index in [2.05, 4.69) is 5.32 Å². The van der Waals surface area contributed by atoms with Crippen molar-refractivity contribution in [2.75, 3.05) is 10.2 Å². The number of aryl methyl sites for hydroxylation is 2. The molecule has 0 spiro atoms. The first-order chi connectivity index (χ1) is 17.2. The van der Waals surface area contributed by atoms with Gasteiger partial charge in [-0.25, -0.2) is 0 Å². The van der Waals surface area contributed by atoms with E-state index in [4.69, 9.17) is 34.8 Å². The average Bonchev–Trinajstić information content (AvgIpc) is 3.16. The van der Waals surface area contributed by atoms with Gasteiger partial charge in [0, 0.05) is 5.69 Å². The first kappa shape index (κ1) is 26.1. The number of amides is 2. The molecule has 3 aromatic rings. The molecule has 3 aromatic carbocycles. The number of carbonyl (C=O) groups excluding carboxylic acids is 2. The summed E-state index contributed by atoms with van der Waals surface area (Å²) in [6, 6.07) is 19.5. The highest BCUT2D eigenvalue weighted by atomic mass is 35.5. The van der Waals surface area contributed by atoms with Crippen molar-refractivity contribution in [3.8, 4) is 6.07 Å². The summed E-state index contributed by atoms with van der Waals surface area (Å²) in [6.45, 7) is 3.91. The maximum absolute atomic E-state index is 13.7. The lowest BCUT2D eigenvalue weighted by Crippen LogP contribution is -2.31. The smallest absolute Gasteiger partial charge is 0.269 e. The van der Waals surface area contributed by atoms with E-state index in [-0.39, 0.29) is 22.9 Å². The molecule has 1 fully saturated rings. The molecule has 36 heavy (non-hydrogen) atoms. The molecule has 0 aliphatic carbocycles. The number of para-hydroxylation sites is 1. The van der Waals surface area contributed by atoms with Crippen LogP contribution >= 0.6 is 46.6 Å². The van der Waals surface area contributed by atoms with Crippen LogP contribution in [0.15, 0.2) is 71.3 Å². The van der Waals surface area contributed by atoms with E-state index in [0.29, 0.717) is 32.0 Å². The SMILES string of the molecule is Cc1ccc(N2C(=O)C(Cc3cccc(Cl)c3Cl)SC2=C(C#N)C(=O)Nc2ccccc2Cl)cc1C. The Bertz CT molecular complexity index is 1450. The number of nitriles is 1. The molecular weight excluding hydrogens is 537 g/mol. The molecule has 182 valence electrons. The molecular formula is C27H20Cl3N3O2S. The summed E-state index contributed by atoms with van der Waals surface area (Å²) in [6.07, 6.45) is 0.276. The van der Waals surface area contributed by atoms with Crippen molar-refractivity contribution in [3.05, 3.63) is 103 Å². The van der Waals surface area contributed by atoms with E-state index in [9.17, 15) is 14.9 Å². The third kappa shape index (κ3) is 5.25. The van der Waals surface area contributed by atoms with Gasteiger partial charge in [0.2, 0.25) is 5.91 Å². The highest BCUT2D eigenvalue weighted by molar-refractivity contribution is 8.05. The molecule has 1 saturated heterocycles. The van der Waals surface area contributed by atoms with Gasteiger partial charge in [0.05, 0.1) is 26.0 Å². The molecule has 1 aliphatic rings. The van der Waals surface area contributed by atoms with Crippen LogP contribution in [0, 0.1) is 25.2 Å². The summed E-state index contributed by atoms with van der Waals surface area (Å²) in [4.78, 5) is 28.3. The zero-order valence-corrected chi connectivity index (χ0v) is 22.4. The molecule has 1 heterocycles. The fourth-order valence-electron chi connectivity index (χ4n) is 3.74. The van der Waals surface area contributed by atoms with Crippen molar-refractivity contribution < 1.29 is 9.59 Å². The third-order valence-electron chi connectivity index (χ3n) is 5.81. The number of carbonyl (C=O) groups is 2. The molecule has 2 amide bonds. The quantitative estimate of drug-likeness (QED) is 0.264. The van der Waals surface area contributed by atoms with Gasteiger partial charge in [-0.3, -0.25) is 14.5 Å². The van der Waals surface area contributed by atoms with E-state index < -0.39 is 11.2 Å². The minimum atomic E-state index is -0.656. The topological polar surface area (TPSA) is 73.2 Å². The Labute approximate surface area is 228 Å². The van der Waals surface area contributed by atoms with Gasteiger partial charge in [0.15, 0.2) is 0 Å². The van der Waals surface area contributed by atoms with Crippen LogP contribution in [0.3, 0.4) is 0 Å². The predicted molar refractivity (Wildman–Crippen MR) is 148 cm³/mol. The molecule has 0 radical (unpaired) electrons. The Morgan fingerprint density at radius 3 is 2.44 bits per heavy atom. The molecule has 0 aromatic heterocycles. The fourth-order valence-corrected chi connectivity index (χ4v) is 5.62. The second kappa shape index (κ2) is 11.0. The van der Waals surface area contributed by atoms with Crippen molar-refractivity contribution in [1.29, 1.82) is 5.26 Å². The van der Waals surface area contributed by atoms with Gasteiger partial charge < -0.3 is 5.32 Å². The minimum absolute atomic E-state index is 0.189. The Kier molecular flexibility index (Phi) is 7.97. The number of hydrogen-bond acceptors (Lipinski definition) is 4. The van der Waals surface area contributed by atoms with Gasteiger partial charge in [-0.05, 0) is 67.3 Å². The van der Waals surface area contributed by atoms with Crippen LogP contribution in [0.25, 0.3) is 0 Å². The number of halogens is 3. The van der Waals surface area contributed by atoms with E-state index in [1.165, 1.54) is 4.90 Å². The van der Waals surface area contributed by atoms with Crippen molar-refractivity contribution in [1.82, 2.24) is 0 Å². The standard InChI is InChI=1S/C27H20Cl3N3O2S/c1-15-10-11-18(12-16(15)2)33-26(35)23(13-17-6-5-8-21(29)24(17)30)36-27(33)19(14-31)25(34)32-22-9-4-3-7-20(22)28/h3-12,23H,13H2,1-2H3,(H,32,34). The zero-order chi connectivity index (χ0) is 26.0. The first-order valence-corrected chi connectivity index (χ1v) is 12.9. The second-order valence-corrected chi connectivity index (χ2v) is 10.6. The summed E-state index contributed by atoms with van der Waals surface area (Å²) in [5, 5.41) is 13.4. The van der Waals surface area contributed by atoms with Crippen molar-refractivity contribution in [2.24, 2.45) is 0 Å². The number of hydrogen-bond donors (Lipinski definition) is 1. The predicted octanol–water partition coefficient (Wildman–Crippen LogP) is 7.33. The summed E-state index contributed by atoms with van der Waals surface area (Å²) in [7, 11) is 0. The minimum Gasteiger partial charge on any atom is -0.320 e. The van der Waals surface area contributed by atoms with Crippen LogP contribution in [0.4, 0.5) is 11.4 Å². The maximum atomic E-state index is 13.7. The molecule has 1 aliphatic heterocycles. The number of rotatable bonds is 5. The van der Waals surface area contributed by atoms with Crippen LogP contribution in [0.5, 0.6) is 0 Å². The molecule has 4 rings (SSSR count). The lowest BCUT2D eigenvalue weighted by atomic mass is 10.1. The number of thioether (sulfide) groups is 1. The monoisotopic (exact) mass is 555 g/mol. The van der Waals surface area contributed by atoms with Gasteiger partial charge in [0.1, 0.15) is 16.7 Å². The van der Waals surface area contributed by atoms with Crippen LogP contribution < -0.4 is 10.2 Å². The van der Waals surface area contributed by atoms with Crippen LogP contribution in [-0.4, -0.2) is 17.1 Å². The zero-order valence-electron chi connectivity index (χ0n) is 19.3. The van der Waals surface area contributed by atoms with E-state index in [0.717, 1.165) is 22.9 Å². The van der Waals surface area contributed by atoms with Crippen LogP contribution in [0.2, 0.25) is 15.1 Å². The van der Waals surface area contributed by atoms with Gasteiger partial charge in [-0.2, -0.15) is 5.26 Å². The Morgan fingerprint density at radius 2 is 1.75 bits per heavy atom. The van der Waals surface area contributed by atoms with E-state index in [1.54, 1.807) is 48.5 Å². The Balaban J connectivity index is 1.78. The summed E-state index contributed by atoms with van der Waals surface area (Å²) >= 11 is 19.9. The van der Waals surface area contributed by atoms with Crippen LogP contribution in [0.1, 0.15) is 16.7 Å². The van der Waals surface area contributed by atoms with Gasteiger partial charge in [-0.15, -0.1) is 0 Å². The summed E-state index contributed by atoms with van der Waals surface area (Å²) in [5.74, 6) is -0.913. The molecule has 0 saturated carbocycles. The highest BCUT2D eigenvalue weighted by Gasteiger charge is 2.41. The average molecular weight is 557 g/mol. The third-order valence-corrected chi connectivity index (χ3v) is 8.26. The molecule has 1 unspecified atom stereocenters. The number of nitrogens with one attached hydrogen (secondary N) is 1. The Morgan fingerprint density at radius 1 is 1.03 bits per heavy atom. The molecule has 1 N–H and O–H groups in total. The number of anilines is 2. The molecule has 1 atom stereocenters. The van der Waals surface area contributed by atoms with Gasteiger partial charge >= 0.3 is 0 Å². The van der Waals surface area contributed by atoms with Crippen molar-refractivity contribution >= 4 is 69.8 Å². The van der Waals surface area contributed by atoms with Crippen molar-refractivity contribution in [2.45, 2.75) is 25.5 Å². The normalized spacial score (nSPS) is 16.6. The lowest BCUT2D eigenvalue weighted by molar-refractivity contribution is -0.117. The maximum Gasteiger partial charge on any atom is 0.269 e. The Hall–Kier alpha value is -2.95. The first-order valence-electron chi connectivity index (χ1n) is 10.9. The van der Waals surface area contributed by atoms with E-state index in [1.807, 2.05) is 32.0 Å².